The molecule has 0 fully saturated rings. The van der Waals surface area contributed by atoms with E-state index in [9.17, 15) is 9.18 Å². The van der Waals surface area contributed by atoms with Crippen LogP contribution in [0.2, 0.25) is 0 Å². The molecule has 3 nitrogen and oxygen atoms in total. The minimum absolute atomic E-state index is 0.174. The minimum Gasteiger partial charge on any atom is -0.319 e. The number of hydrogen-bond donors (Lipinski definition) is 0. The summed E-state index contributed by atoms with van der Waals surface area (Å²) in [4.78, 5) is 17.0. The third-order valence-electron chi connectivity index (χ3n) is 3.45. The second-order valence-electron chi connectivity index (χ2n) is 5.22. The van der Waals surface area contributed by atoms with Crippen molar-refractivity contribution in [1.29, 1.82) is 0 Å². The van der Waals surface area contributed by atoms with Crippen molar-refractivity contribution in [3.63, 3.8) is 0 Å². The molecule has 0 spiro atoms. The topological polar surface area (TPSA) is 34.4 Å². The first kappa shape index (κ1) is 14.7. The number of halogens is 1. The van der Waals surface area contributed by atoms with Crippen molar-refractivity contribution in [2.24, 2.45) is 12.0 Å². The number of carbonyl (C=O) groups is 1. The van der Waals surface area contributed by atoms with E-state index in [-0.39, 0.29) is 18.1 Å². The standard InChI is InChI=1S/C17H15FN2OS/c1-11-3-8-14-15(9-11)22-17(20(14)2)19-16(21)10-12-4-6-13(18)7-5-12/h3-9H,10H2,1-2H3. The molecule has 112 valence electrons. The first-order valence-electron chi connectivity index (χ1n) is 6.91. The fraction of sp³-hybridized carbons (Fsp3) is 0.176. The predicted molar refractivity (Wildman–Crippen MR) is 86.2 cm³/mol. The molecule has 0 saturated heterocycles. The highest BCUT2D eigenvalue weighted by atomic mass is 32.1. The molecule has 5 heteroatoms. The Morgan fingerprint density at radius 2 is 1.95 bits per heavy atom. The van der Waals surface area contributed by atoms with E-state index < -0.39 is 0 Å². The first-order valence-corrected chi connectivity index (χ1v) is 7.73. The van der Waals surface area contributed by atoms with Gasteiger partial charge in [0.15, 0.2) is 4.80 Å². The maximum absolute atomic E-state index is 12.9. The summed E-state index contributed by atoms with van der Waals surface area (Å²) in [6, 6.07) is 12.1. The van der Waals surface area contributed by atoms with Crippen LogP contribution in [0.3, 0.4) is 0 Å². The van der Waals surface area contributed by atoms with Gasteiger partial charge in [-0.1, -0.05) is 29.5 Å². The molecule has 0 bridgehead atoms. The highest BCUT2D eigenvalue weighted by Gasteiger charge is 2.06. The quantitative estimate of drug-likeness (QED) is 0.714. The van der Waals surface area contributed by atoms with Crippen molar-refractivity contribution in [2.45, 2.75) is 13.3 Å². The molecule has 0 atom stereocenters. The molecule has 0 aliphatic heterocycles. The van der Waals surface area contributed by atoms with Crippen LogP contribution in [0.25, 0.3) is 10.2 Å². The predicted octanol–water partition coefficient (Wildman–Crippen LogP) is 3.36. The Morgan fingerprint density at radius 1 is 1.23 bits per heavy atom. The SMILES string of the molecule is Cc1ccc2c(c1)sc(=NC(=O)Cc1ccc(F)cc1)n2C. The van der Waals surface area contributed by atoms with Gasteiger partial charge in [0.05, 0.1) is 16.6 Å². The average molecular weight is 314 g/mol. The van der Waals surface area contributed by atoms with Gasteiger partial charge in [0, 0.05) is 7.05 Å². The molecule has 0 unspecified atom stereocenters. The Hall–Kier alpha value is -2.27. The Morgan fingerprint density at radius 3 is 2.68 bits per heavy atom. The number of benzene rings is 2. The number of aryl methyl sites for hydroxylation is 2. The van der Waals surface area contributed by atoms with E-state index >= 15 is 0 Å². The molecule has 2 aromatic carbocycles. The zero-order chi connectivity index (χ0) is 15.7. The highest BCUT2D eigenvalue weighted by Crippen LogP contribution is 2.17. The lowest BCUT2D eigenvalue weighted by Crippen LogP contribution is -2.14. The van der Waals surface area contributed by atoms with Crippen molar-refractivity contribution in [3.05, 3.63) is 64.2 Å². The second kappa shape index (κ2) is 5.85. The normalized spacial score (nSPS) is 12.0. The van der Waals surface area contributed by atoms with Gasteiger partial charge in [0.25, 0.3) is 5.91 Å². The van der Waals surface area contributed by atoms with Crippen molar-refractivity contribution in [1.82, 2.24) is 4.57 Å². The van der Waals surface area contributed by atoms with Crippen LogP contribution in [0.1, 0.15) is 11.1 Å². The summed E-state index contributed by atoms with van der Waals surface area (Å²) < 4.78 is 15.9. The lowest BCUT2D eigenvalue weighted by atomic mass is 10.1. The zero-order valence-electron chi connectivity index (χ0n) is 12.3. The van der Waals surface area contributed by atoms with E-state index in [2.05, 4.69) is 11.1 Å². The summed E-state index contributed by atoms with van der Waals surface area (Å²) in [6.07, 6.45) is 0.174. The van der Waals surface area contributed by atoms with Crippen LogP contribution in [0.5, 0.6) is 0 Å². The summed E-state index contributed by atoms with van der Waals surface area (Å²) in [5.41, 5.74) is 3.00. The molecular weight excluding hydrogens is 299 g/mol. The van der Waals surface area contributed by atoms with E-state index in [1.165, 1.54) is 29.0 Å². The van der Waals surface area contributed by atoms with Gasteiger partial charge in [0.1, 0.15) is 5.82 Å². The number of amides is 1. The Labute approximate surface area is 131 Å². The van der Waals surface area contributed by atoms with Crippen LogP contribution < -0.4 is 4.80 Å². The summed E-state index contributed by atoms with van der Waals surface area (Å²) >= 11 is 1.49. The van der Waals surface area contributed by atoms with Crippen LogP contribution in [0.4, 0.5) is 4.39 Å². The highest BCUT2D eigenvalue weighted by molar-refractivity contribution is 7.16. The zero-order valence-corrected chi connectivity index (χ0v) is 13.2. The van der Waals surface area contributed by atoms with Crippen LogP contribution in [0, 0.1) is 12.7 Å². The average Bonchev–Trinajstić information content (AvgIpc) is 2.77. The molecule has 1 amide bonds. The van der Waals surface area contributed by atoms with E-state index in [1.54, 1.807) is 12.1 Å². The monoisotopic (exact) mass is 314 g/mol. The minimum atomic E-state index is -0.306. The van der Waals surface area contributed by atoms with Gasteiger partial charge in [-0.05, 0) is 42.3 Å². The number of aromatic nitrogens is 1. The Bertz CT molecular complexity index is 907. The van der Waals surface area contributed by atoms with Gasteiger partial charge < -0.3 is 4.57 Å². The van der Waals surface area contributed by atoms with E-state index in [0.29, 0.717) is 4.80 Å². The Kier molecular flexibility index (Phi) is 3.90. The third kappa shape index (κ3) is 2.99. The van der Waals surface area contributed by atoms with E-state index in [0.717, 1.165) is 15.8 Å². The molecule has 1 aromatic heterocycles. The van der Waals surface area contributed by atoms with Gasteiger partial charge in [0.2, 0.25) is 0 Å². The number of hydrogen-bond acceptors (Lipinski definition) is 2. The molecule has 0 aliphatic rings. The van der Waals surface area contributed by atoms with E-state index in [1.807, 2.05) is 30.7 Å². The van der Waals surface area contributed by atoms with Crippen molar-refractivity contribution >= 4 is 27.5 Å². The molecular formula is C17H15FN2OS. The number of carbonyl (C=O) groups excluding carboxylic acids is 1. The van der Waals surface area contributed by atoms with Crippen LogP contribution in [-0.4, -0.2) is 10.5 Å². The van der Waals surface area contributed by atoms with Crippen LogP contribution in [0.15, 0.2) is 47.5 Å². The van der Waals surface area contributed by atoms with Crippen LogP contribution >= 0.6 is 11.3 Å². The maximum atomic E-state index is 12.9. The van der Waals surface area contributed by atoms with Crippen LogP contribution in [-0.2, 0) is 18.3 Å². The van der Waals surface area contributed by atoms with Gasteiger partial charge in [-0.25, -0.2) is 4.39 Å². The summed E-state index contributed by atoms with van der Waals surface area (Å²) in [7, 11) is 1.90. The maximum Gasteiger partial charge on any atom is 0.252 e. The van der Waals surface area contributed by atoms with Gasteiger partial charge >= 0.3 is 0 Å². The molecule has 3 rings (SSSR count). The lowest BCUT2D eigenvalue weighted by molar-refractivity contribution is -0.117. The largest absolute Gasteiger partial charge is 0.319 e. The van der Waals surface area contributed by atoms with Crippen molar-refractivity contribution in [3.8, 4) is 0 Å². The molecule has 0 aliphatic carbocycles. The van der Waals surface area contributed by atoms with Crippen molar-refractivity contribution < 1.29 is 9.18 Å². The Balaban J connectivity index is 1.92. The third-order valence-corrected chi connectivity index (χ3v) is 4.55. The summed E-state index contributed by atoms with van der Waals surface area (Å²) in [5.74, 6) is -0.537. The van der Waals surface area contributed by atoms with Gasteiger partial charge in [-0.3, -0.25) is 4.79 Å². The smallest absolute Gasteiger partial charge is 0.252 e. The number of rotatable bonds is 2. The molecule has 0 radical (unpaired) electrons. The summed E-state index contributed by atoms with van der Waals surface area (Å²) in [6.45, 7) is 2.04. The number of nitrogens with zero attached hydrogens (tertiary/aromatic N) is 2. The lowest BCUT2D eigenvalue weighted by Gasteiger charge is -1.97. The van der Waals surface area contributed by atoms with E-state index in [4.69, 9.17) is 0 Å². The number of fused-ring (bicyclic) bond motifs is 1. The number of thiazole rings is 1. The molecule has 3 aromatic rings. The fourth-order valence-corrected chi connectivity index (χ4v) is 3.40. The molecule has 0 N–H and O–H groups in total. The van der Waals surface area contributed by atoms with Gasteiger partial charge in [-0.15, -0.1) is 0 Å². The first-order chi connectivity index (χ1) is 10.5. The molecule has 1 heterocycles. The molecule has 0 saturated carbocycles. The fourth-order valence-electron chi connectivity index (χ4n) is 2.27. The second-order valence-corrected chi connectivity index (χ2v) is 6.23. The van der Waals surface area contributed by atoms with Gasteiger partial charge in [-0.2, -0.15) is 4.99 Å². The summed E-state index contributed by atoms with van der Waals surface area (Å²) in [5, 5.41) is 0. The van der Waals surface area contributed by atoms with Crippen molar-refractivity contribution in [2.75, 3.05) is 0 Å². The molecule has 22 heavy (non-hydrogen) atoms.